The number of nitrogens with zero attached hydrogens (tertiary/aromatic N) is 1. The van der Waals surface area contributed by atoms with Crippen molar-refractivity contribution in [2.24, 2.45) is 5.14 Å². The molecule has 0 unspecified atom stereocenters. The molecule has 134 valence electrons. The van der Waals surface area contributed by atoms with Crippen molar-refractivity contribution in [3.63, 3.8) is 0 Å². The van der Waals surface area contributed by atoms with Gasteiger partial charge in [0.25, 0.3) is 5.91 Å². The molecule has 26 heavy (non-hydrogen) atoms. The Bertz CT molecular complexity index is 1030. The van der Waals surface area contributed by atoms with E-state index in [2.05, 4.69) is 10.3 Å². The Hall–Kier alpha value is -2.26. The minimum Gasteiger partial charge on any atom is -0.348 e. The molecule has 1 amide bonds. The van der Waals surface area contributed by atoms with Crippen molar-refractivity contribution in [1.29, 1.82) is 0 Å². The topological polar surface area (TPSA) is 102 Å². The van der Waals surface area contributed by atoms with Crippen LogP contribution in [0.25, 0.3) is 10.6 Å². The largest absolute Gasteiger partial charge is 0.348 e. The molecular weight excluding hydrogens is 394 g/mol. The van der Waals surface area contributed by atoms with Crippen LogP contribution in [0.15, 0.2) is 58.9 Å². The molecule has 3 aromatic rings. The van der Waals surface area contributed by atoms with E-state index in [4.69, 9.17) is 16.7 Å². The second-order valence-corrected chi connectivity index (χ2v) is 8.31. The third-order valence-corrected chi connectivity index (χ3v) is 5.75. The fourth-order valence-electron chi connectivity index (χ4n) is 2.22. The molecule has 0 aliphatic heterocycles. The molecule has 3 rings (SSSR count). The highest BCUT2D eigenvalue weighted by molar-refractivity contribution is 7.89. The molecule has 0 fully saturated rings. The summed E-state index contributed by atoms with van der Waals surface area (Å²) < 4.78 is 22.6. The average molecular weight is 408 g/mol. The lowest BCUT2D eigenvalue weighted by molar-refractivity contribution is 0.0950. The molecule has 3 N–H and O–H groups in total. The summed E-state index contributed by atoms with van der Waals surface area (Å²) in [5, 5.41) is 9.96. The lowest BCUT2D eigenvalue weighted by atomic mass is 10.2. The highest BCUT2D eigenvalue weighted by atomic mass is 35.5. The number of thiophene rings is 1. The number of hydrogen-bond acceptors (Lipinski definition) is 5. The molecule has 0 bridgehead atoms. The van der Waals surface area contributed by atoms with Crippen molar-refractivity contribution < 1.29 is 13.2 Å². The molecule has 2 aromatic heterocycles. The van der Waals surface area contributed by atoms with Crippen molar-refractivity contribution in [1.82, 2.24) is 10.3 Å². The third-order valence-electron chi connectivity index (χ3n) is 3.59. The number of aromatic nitrogens is 1. The van der Waals surface area contributed by atoms with Crippen LogP contribution in [0.5, 0.6) is 0 Å². The number of sulfonamides is 1. The standard InChI is InChI=1S/C17H14ClN3O3S2/c18-14-8-13(26(19,23)24)5-3-11(14)9-21-17(22)12-4-6-15(20-10-12)16-2-1-7-25-16/h1-8,10H,9H2,(H,21,22)(H2,19,23,24). The van der Waals surface area contributed by atoms with Crippen LogP contribution in [0.2, 0.25) is 5.02 Å². The van der Waals surface area contributed by atoms with Crippen LogP contribution < -0.4 is 10.5 Å². The maximum absolute atomic E-state index is 12.2. The minimum atomic E-state index is -3.82. The van der Waals surface area contributed by atoms with Gasteiger partial charge in [-0.3, -0.25) is 9.78 Å². The Morgan fingerprint density at radius 1 is 1.23 bits per heavy atom. The minimum absolute atomic E-state index is 0.0778. The van der Waals surface area contributed by atoms with Gasteiger partial charge >= 0.3 is 0 Å². The van der Waals surface area contributed by atoms with Crippen molar-refractivity contribution in [2.75, 3.05) is 0 Å². The van der Waals surface area contributed by atoms with Gasteiger partial charge in [0.15, 0.2) is 0 Å². The molecule has 1 aromatic carbocycles. The lowest BCUT2D eigenvalue weighted by Gasteiger charge is -2.08. The second kappa shape index (κ2) is 7.55. The van der Waals surface area contributed by atoms with Crippen LogP contribution in [0, 0.1) is 0 Å². The molecule has 0 spiro atoms. The smallest absolute Gasteiger partial charge is 0.253 e. The van der Waals surface area contributed by atoms with Gasteiger partial charge in [0.05, 0.1) is 21.0 Å². The molecular formula is C17H14ClN3O3S2. The summed E-state index contributed by atoms with van der Waals surface area (Å²) in [6.07, 6.45) is 1.51. The van der Waals surface area contributed by atoms with Gasteiger partial charge in [-0.2, -0.15) is 0 Å². The summed E-state index contributed by atoms with van der Waals surface area (Å²) in [6.45, 7) is 0.148. The Morgan fingerprint density at radius 3 is 2.62 bits per heavy atom. The summed E-state index contributed by atoms with van der Waals surface area (Å²) in [7, 11) is -3.82. The Labute approximate surface area is 159 Å². The molecule has 0 radical (unpaired) electrons. The van der Waals surface area contributed by atoms with Gasteiger partial charge in [-0.25, -0.2) is 13.6 Å². The van der Waals surface area contributed by atoms with E-state index in [0.29, 0.717) is 11.1 Å². The predicted octanol–water partition coefficient (Wildman–Crippen LogP) is 3.04. The number of pyridine rings is 1. The van der Waals surface area contributed by atoms with Crippen molar-refractivity contribution in [2.45, 2.75) is 11.4 Å². The number of hydrogen-bond donors (Lipinski definition) is 2. The van der Waals surface area contributed by atoms with E-state index < -0.39 is 10.0 Å². The molecule has 0 aliphatic carbocycles. The quantitative estimate of drug-likeness (QED) is 0.678. The Kier molecular flexibility index (Phi) is 5.38. The highest BCUT2D eigenvalue weighted by Crippen LogP contribution is 2.23. The van der Waals surface area contributed by atoms with Gasteiger partial charge in [0.1, 0.15) is 0 Å². The number of amides is 1. The van der Waals surface area contributed by atoms with E-state index in [1.807, 2.05) is 17.5 Å². The second-order valence-electron chi connectivity index (χ2n) is 5.39. The Balaban J connectivity index is 1.67. The number of halogens is 1. The van der Waals surface area contributed by atoms with Gasteiger partial charge in [-0.15, -0.1) is 11.3 Å². The summed E-state index contributed by atoms with van der Waals surface area (Å²) in [5.41, 5.74) is 1.80. The van der Waals surface area contributed by atoms with Crippen molar-refractivity contribution >= 4 is 38.9 Å². The molecule has 0 atom stereocenters. The van der Waals surface area contributed by atoms with Crippen LogP contribution in [-0.4, -0.2) is 19.3 Å². The maximum Gasteiger partial charge on any atom is 0.253 e. The zero-order chi connectivity index (χ0) is 18.7. The first kappa shape index (κ1) is 18.5. The van der Waals surface area contributed by atoms with E-state index in [9.17, 15) is 13.2 Å². The molecule has 0 aliphatic rings. The summed E-state index contributed by atoms with van der Waals surface area (Å²) in [6, 6.07) is 11.5. The number of carbonyl (C=O) groups excluding carboxylic acids is 1. The van der Waals surface area contributed by atoms with E-state index in [-0.39, 0.29) is 22.4 Å². The fourth-order valence-corrected chi connectivity index (χ4v) is 3.78. The highest BCUT2D eigenvalue weighted by Gasteiger charge is 2.12. The number of nitrogens with two attached hydrogens (primary N) is 1. The number of benzene rings is 1. The van der Waals surface area contributed by atoms with Gasteiger partial charge in [-0.1, -0.05) is 23.7 Å². The van der Waals surface area contributed by atoms with Crippen LogP contribution in [0.4, 0.5) is 0 Å². The number of carbonyl (C=O) groups is 1. The van der Waals surface area contributed by atoms with E-state index in [0.717, 1.165) is 10.6 Å². The van der Waals surface area contributed by atoms with Gasteiger partial charge < -0.3 is 5.32 Å². The number of nitrogens with one attached hydrogen (secondary N) is 1. The van der Waals surface area contributed by atoms with Crippen LogP contribution in [0.3, 0.4) is 0 Å². The molecule has 0 saturated heterocycles. The monoisotopic (exact) mass is 407 g/mol. The molecule has 6 nitrogen and oxygen atoms in total. The summed E-state index contributed by atoms with van der Waals surface area (Å²) >= 11 is 7.63. The van der Waals surface area contributed by atoms with Gasteiger partial charge in [-0.05, 0) is 41.3 Å². The van der Waals surface area contributed by atoms with E-state index in [1.54, 1.807) is 23.5 Å². The van der Waals surface area contributed by atoms with E-state index in [1.165, 1.54) is 24.4 Å². The lowest BCUT2D eigenvalue weighted by Crippen LogP contribution is -2.23. The average Bonchev–Trinajstić information content (AvgIpc) is 3.14. The molecule has 0 saturated carbocycles. The number of primary sulfonamides is 1. The SMILES string of the molecule is NS(=O)(=O)c1ccc(CNC(=O)c2ccc(-c3cccs3)nc2)c(Cl)c1. The first-order chi connectivity index (χ1) is 12.3. The predicted molar refractivity (Wildman–Crippen MR) is 102 cm³/mol. The van der Waals surface area contributed by atoms with Gasteiger partial charge in [0, 0.05) is 17.8 Å². The van der Waals surface area contributed by atoms with Gasteiger partial charge in [0.2, 0.25) is 10.0 Å². The number of rotatable bonds is 5. The molecule has 9 heteroatoms. The first-order valence-electron chi connectivity index (χ1n) is 7.44. The summed E-state index contributed by atoms with van der Waals surface area (Å²) in [5.74, 6) is -0.304. The van der Waals surface area contributed by atoms with Crippen LogP contribution in [-0.2, 0) is 16.6 Å². The first-order valence-corrected chi connectivity index (χ1v) is 10.2. The summed E-state index contributed by atoms with van der Waals surface area (Å²) in [4.78, 5) is 17.5. The van der Waals surface area contributed by atoms with E-state index >= 15 is 0 Å². The normalized spacial score (nSPS) is 11.3. The Morgan fingerprint density at radius 2 is 2.04 bits per heavy atom. The fraction of sp³-hybridized carbons (Fsp3) is 0.0588. The zero-order valence-corrected chi connectivity index (χ0v) is 15.7. The third kappa shape index (κ3) is 4.28. The maximum atomic E-state index is 12.2. The van der Waals surface area contributed by atoms with Crippen LogP contribution in [0.1, 0.15) is 15.9 Å². The molecule has 2 heterocycles. The van der Waals surface area contributed by atoms with Crippen molar-refractivity contribution in [3.05, 3.63) is 70.2 Å². The van der Waals surface area contributed by atoms with Crippen LogP contribution >= 0.6 is 22.9 Å². The van der Waals surface area contributed by atoms with Crippen molar-refractivity contribution in [3.8, 4) is 10.6 Å². The zero-order valence-electron chi connectivity index (χ0n) is 13.3.